The second kappa shape index (κ2) is 2.98. The summed E-state index contributed by atoms with van der Waals surface area (Å²) in [6, 6.07) is 0.797. The first kappa shape index (κ1) is 9.00. The van der Waals surface area contributed by atoms with Crippen molar-refractivity contribution in [2.24, 2.45) is 23.2 Å². The van der Waals surface area contributed by atoms with Gasteiger partial charge in [-0.3, -0.25) is 5.32 Å². The molecular weight excluding hydrogens is 184 g/mol. The third kappa shape index (κ3) is 1.24. The number of hydrogen-bond donors (Lipinski definition) is 2. The number of hydrogen-bond acceptors (Lipinski definition) is 2. The van der Waals surface area contributed by atoms with Crippen LogP contribution in [0.1, 0.15) is 38.5 Å². The average molecular weight is 206 g/mol. The van der Waals surface area contributed by atoms with Gasteiger partial charge in [-0.25, -0.2) is 0 Å². The van der Waals surface area contributed by atoms with E-state index in [9.17, 15) is 0 Å². The minimum atomic E-state index is 0.707. The third-order valence-electron chi connectivity index (χ3n) is 5.65. The van der Waals surface area contributed by atoms with Crippen molar-refractivity contribution >= 4 is 0 Å². The van der Waals surface area contributed by atoms with Gasteiger partial charge in [-0.15, -0.1) is 0 Å². The molecular formula is C13H22N2. The van der Waals surface area contributed by atoms with Crippen molar-refractivity contribution in [1.29, 1.82) is 0 Å². The van der Waals surface area contributed by atoms with Gasteiger partial charge in [0.15, 0.2) is 0 Å². The van der Waals surface area contributed by atoms with Gasteiger partial charge in [-0.1, -0.05) is 0 Å². The summed E-state index contributed by atoms with van der Waals surface area (Å²) in [6.07, 6.45) is 9.33. The highest BCUT2D eigenvalue weighted by atomic mass is 15.2. The summed E-state index contributed by atoms with van der Waals surface area (Å²) in [4.78, 5) is 0. The fraction of sp³-hybridized carbons (Fsp3) is 1.00. The van der Waals surface area contributed by atoms with Gasteiger partial charge in [0.25, 0.3) is 0 Å². The number of nitrogens with one attached hydrogen (secondary N) is 2. The van der Waals surface area contributed by atoms with Gasteiger partial charge < -0.3 is 5.32 Å². The van der Waals surface area contributed by atoms with E-state index < -0.39 is 0 Å². The molecule has 1 atom stereocenters. The smallest absolute Gasteiger partial charge is 0.0457 e. The molecule has 5 rings (SSSR count). The molecule has 4 bridgehead atoms. The van der Waals surface area contributed by atoms with Crippen LogP contribution in [-0.2, 0) is 0 Å². The summed E-state index contributed by atoms with van der Waals surface area (Å²) < 4.78 is 0. The van der Waals surface area contributed by atoms with Crippen LogP contribution in [0.4, 0.5) is 0 Å². The molecule has 1 aliphatic heterocycles. The molecule has 5 fully saturated rings. The fourth-order valence-electron chi connectivity index (χ4n) is 5.52. The summed E-state index contributed by atoms with van der Waals surface area (Å²) in [5.41, 5.74) is 0.707. The molecule has 5 aliphatic rings. The summed E-state index contributed by atoms with van der Waals surface area (Å²) in [5.74, 6) is 3.29. The van der Waals surface area contributed by atoms with Crippen molar-refractivity contribution in [2.45, 2.75) is 44.6 Å². The van der Waals surface area contributed by atoms with Crippen LogP contribution in [0.15, 0.2) is 0 Å². The quantitative estimate of drug-likeness (QED) is 0.682. The topological polar surface area (TPSA) is 24.1 Å². The maximum atomic E-state index is 3.70. The molecule has 0 aromatic heterocycles. The van der Waals surface area contributed by atoms with E-state index in [1.54, 1.807) is 38.5 Å². The predicted octanol–water partition coefficient (Wildman–Crippen LogP) is 1.72. The standard InChI is InChI=1S/C13H22N2/c1-9-2-11-3-10(1)5-13(4-9,6-11)12-7-14-8-15-12/h9-12,14-15H,1-8H2. The molecule has 4 saturated carbocycles. The van der Waals surface area contributed by atoms with Crippen molar-refractivity contribution in [3.05, 3.63) is 0 Å². The van der Waals surface area contributed by atoms with Gasteiger partial charge in [0.05, 0.1) is 0 Å². The van der Waals surface area contributed by atoms with Gasteiger partial charge in [0, 0.05) is 19.3 Å². The zero-order valence-electron chi connectivity index (χ0n) is 9.47. The Morgan fingerprint density at radius 2 is 1.47 bits per heavy atom. The average Bonchev–Trinajstić information content (AvgIpc) is 2.67. The minimum absolute atomic E-state index is 0.707. The van der Waals surface area contributed by atoms with Gasteiger partial charge in [-0.2, -0.15) is 0 Å². The van der Waals surface area contributed by atoms with Crippen LogP contribution in [-0.4, -0.2) is 19.3 Å². The zero-order chi connectivity index (χ0) is 9.88. The Hall–Kier alpha value is -0.0800. The molecule has 1 saturated heterocycles. The predicted molar refractivity (Wildman–Crippen MR) is 60.4 cm³/mol. The highest BCUT2D eigenvalue weighted by molar-refractivity contribution is 5.07. The molecule has 0 amide bonds. The summed E-state index contributed by atoms with van der Waals surface area (Å²) >= 11 is 0. The van der Waals surface area contributed by atoms with Crippen molar-refractivity contribution < 1.29 is 0 Å². The highest BCUT2D eigenvalue weighted by Gasteiger charge is 2.54. The van der Waals surface area contributed by atoms with Crippen molar-refractivity contribution in [1.82, 2.24) is 10.6 Å². The lowest BCUT2D eigenvalue weighted by Gasteiger charge is -2.59. The van der Waals surface area contributed by atoms with Crippen molar-refractivity contribution in [3.63, 3.8) is 0 Å². The van der Waals surface area contributed by atoms with Crippen LogP contribution in [0.3, 0.4) is 0 Å². The Morgan fingerprint density at radius 1 is 0.867 bits per heavy atom. The summed E-state index contributed by atoms with van der Waals surface area (Å²) in [5, 5.41) is 7.19. The maximum absolute atomic E-state index is 3.70. The van der Waals surface area contributed by atoms with E-state index in [1.165, 1.54) is 6.54 Å². The maximum Gasteiger partial charge on any atom is 0.0457 e. The van der Waals surface area contributed by atoms with Crippen LogP contribution in [0.25, 0.3) is 0 Å². The van der Waals surface area contributed by atoms with Crippen molar-refractivity contribution in [2.75, 3.05) is 13.2 Å². The SMILES string of the molecule is C1NCC(C23CC4CC(CC(C4)C2)C3)N1. The minimum Gasteiger partial charge on any atom is -0.303 e. The van der Waals surface area contributed by atoms with Crippen LogP contribution in [0, 0.1) is 23.2 Å². The summed E-state index contributed by atoms with van der Waals surface area (Å²) in [6.45, 7) is 2.28. The van der Waals surface area contributed by atoms with Gasteiger partial charge in [-0.05, 0) is 61.7 Å². The molecule has 2 heteroatoms. The van der Waals surface area contributed by atoms with E-state index >= 15 is 0 Å². The largest absolute Gasteiger partial charge is 0.303 e. The van der Waals surface area contributed by atoms with Gasteiger partial charge in [0.1, 0.15) is 0 Å². The molecule has 2 N–H and O–H groups in total. The van der Waals surface area contributed by atoms with E-state index in [0.29, 0.717) is 5.41 Å². The van der Waals surface area contributed by atoms with E-state index in [4.69, 9.17) is 0 Å². The molecule has 1 heterocycles. The molecule has 0 aromatic rings. The Balaban J connectivity index is 1.65. The Morgan fingerprint density at radius 3 is 1.93 bits per heavy atom. The Bertz CT molecular complexity index is 232. The molecule has 1 unspecified atom stereocenters. The number of rotatable bonds is 1. The molecule has 0 spiro atoms. The van der Waals surface area contributed by atoms with Crippen LogP contribution < -0.4 is 10.6 Å². The molecule has 2 nitrogen and oxygen atoms in total. The first-order chi connectivity index (χ1) is 7.34. The monoisotopic (exact) mass is 206 g/mol. The first-order valence-corrected chi connectivity index (χ1v) is 6.78. The van der Waals surface area contributed by atoms with E-state index in [1.807, 2.05) is 0 Å². The molecule has 15 heavy (non-hydrogen) atoms. The highest BCUT2D eigenvalue weighted by Crippen LogP contribution is 2.61. The molecule has 4 aliphatic carbocycles. The molecule has 0 aromatic carbocycles. The van der Waals surface area contributed by atoms with Crippen LogP contribution in [0.5, 0.6) is 0 Å². The van der Waals surface area contributed by atoms with Gasteiger partial charge in [0.2, 0.25) is 0 Å². The lowest BCUT2D eigenvalue weighted by atomic mass is 9.48. The third-order valence-corrected chi connectivity index (χ3v) is 5.65. The fourth-order valence-corrected chi connectivity index (χ4v) is 5.52. The van der Waals surface area contributed by atoms with E-state index in [-0.39, 0.29) is 0 Å². The van der Waals surface area contributed by atoms with Gasteiger partial charge >= 0.3 is 0 Å². The second-order valence-electron chi connectivity index (χ2n) is 6.67. The molecule has 0 radical (unpaired) electrons. The van der Waals surface area contributed by atoms with Crippen LogP contribution >= 0.6 is 0 Å². The lowest BCUT2D eigenvalue weighted by molar-refractivity contribution is -0.0682. The normalized spacial score (nSPS) is 57.6. The second-order valence-corrected chi connectivity index (χ2v) is 6.67. The van der Waals surface area contributed by atoms with Crippen LogP contribution in [0.2, 0.25) is 0 Å². The Labute approximate surface area is 92.2 Å². The lowest BCUT2D eigenvalue weighted by Crippen LogP contribution is -2.55. The molecule has 84 valence electrons. The van der Waals surface area contributed by atoms with Crippen molar-refractivity contribution in [3.8, 4) is 0 Å². The first-order valence-electron chi connectivity index (χ1n) is 6.78. The zero-order valence-corrected chi connectivity index (χ0v) is 9.47. The van der Waals surface area contributed by atoms with E-state index in [2.05, 4.69) is 10.6 Å². The Kier molecular flexibility index (Phi) is 1.79. The summed E-state index contributed by atoms with van der Waals surface area (Å²) in [7, 11) is 0. The van der Waals surface area contributed by atoms with E-state index in [0.717, 1.165) is 30.5 Å².